The maximum absolute atomic E-state index is 11.6. The predicted molar refractivity (Wildman–Crippen MR) is 67.6 cm³/mol. The number of hydrogen-bond donors (Lipinski definition) is 3. The molecule has 0 radical (unpaired) electrons. The zero-order valence-corrected chi connectivity index (χ0v) is 10.4. The van der Waals surface area contributed by atoms with Crippen LogP contribution in [0, 0.1) is 0 Å². The molecule has 2 rings (SSSR count). The highest BCUT2D eigenvalue weighted by Gasteiger charge is 2.11. The number of hydrogen-bond acceptors (Lipinski definition) is 4. The molecule has 2 amide bonds. The first-order valence-corrected chi connectivity index (χ1v) is 5.85. The first-order valence-electron chi connectivity index (χ1n) is 5.85. The van der Waals surface area contributed by atoms with Crippen LogP contribution in [0.25, 0.3) is 0 Å². The van der Waals surface area contributed by atoms with E-state index in [4.69, 9.17) is 4.42 Å². The van der Waals surface area contributed by atoms with Crippen molar-refractivity contribution in [2.45, 2.75) is 13.3 Å². The van der Waals surface area contributed by atoms with Crippen molar-refractivity contribution in [1.29, 1.82) is 0 Å². The van der Waals surface area contributed by atoms with Crippen molar-refractivity contribution in [3.05, 3.63) is 35.9 Å². The minimum absolute atomic E-state index is 0.145. The van der Waals surface area contributed by atoms with Gasteiger partial charge in [0.05, 0.1) is 12.8 Å². The molecule has 0 spiro atoms. The second-order valence-corrected chi connectivity index (χ2v) is 3.84. The van der Waals surface area contributed by atoms with Gasteiger partial charge < -0.3 is 15.1 Å². The van der Waals surface area contributed by atoms with Crippen molar-refractivity contribution in [3.8, 4) is 0 Å². The van der Waals surface area contributed by atoms with E-state index in [-0.39, 0.29) is 18.2 Å². The number of nitrogens with zero attached hydrogens (tertiary/aromatic N) is 1. The fourth-order valence-electron chi connectivity index (χ4n) is 1.45. The summed E-state index contributed by atoms with van der Waals surface area (Å²) in [6.45, 7) is 1.83. The molecule has 0 saturated carbocycles. The van der Waals surface area contributed by atoms with Gasteiger partial charge in [0.25, 0.3) is 5.91 Å². The molecule has 7 nitrogen and oxygen atoms in total. The maximum Gasteiger partial charge on any atom is 0.287 e. The summed E-state index contributed by atoms with van der Waals surface area (Å²) in [6, 6.07) is 4.87. The monoisotopic (exact) mass is 262 g/mol. The summed E-state index contributed by atoms with van der Waals surface area (Å²) in [4.78, 5) is 23.1. The van der Waals surface area contributed by atoms with Crippen LogP contribution in [-0.2, 0) is 11.2 Å². The average Bonchev–Trinajstić information content (AvgIpc) is 3.06. The Labute approximate surface area is 109 Å². The molecule has 3 N–H and O–H groups in total. The summed E-state index contributed by atoms with van der Waals surface area (Å²) in [7, 11) is 0. The van der Waals surface area contributed by atoms with E-state index in [1.807, 2.05) is 6.92 Å². The van der Waals surface area contributed by atoms with Crippen LogP contribution in [0.1, 0.15) is 23.2 Å². The second kappa shape index (κ2) is 5.85. The summed E-state index contributed by atoms with van der Waals surface area (Å²) in [6.07, 6.45) is 2.20. The highest BCUT2D eigenvalue weighted by molar-refractivity contribution is 5.97. The Morgan fingerprint density at radius 1 is 1.47 bits per heavy atom. The van der Waals surface area contributed by atoms with Gasteiger partial charge in [0, 0.05) is 11.8 Å². The largest absolute Gasteiger partial charge is 0.459 e. The summed E-state index contributed by atoms with van der Waals surface area (Å²) in [5.41, 5.74) is 0.926. The Kier molecular flexibility index (Phi) is 3.97. The van der Waals surface area contributed by atoms with Crippen molar-refractivity contribution >= 4 is 17.6 Å². The molecular weight excluding hydrogens is 248 g/mol. The molecule has 0 aliphatic heterocycles. The highest BCUT2D eigenvalue weighted by Crippen LogP contribution is 2.05. The SMILES string of the molecule is CCc1cc(NC(=O)CNC(=O)c2ccco2)n[nH]1. The minimum atomic E-state index is -0.434. The lowest BCUT2D eigenvalue weighted by Gasteiger charge is -2.03. The van der Waals surface area contributed by atoms with E-state index in [2.05, 4.69) is 20.8 Å². The molecule has 0 saturated heterocycles. The van der Waals surface area contributed by atoms with E-state index in [0.717, 1.165) is 12.1 Å². The van der Waals surface area contributed by atoms with Gasteiger partial charge in [-0.2, -0.15) is 5.10 Å². The predicted octanol–water partition coefficient (Wildman–Crippen LogP) is 0.934. The van der Waals surface area contributed by atoms with Gasteiger partial charge in [0.1, 0.15) is 0 Å². The molecule has 2 heterocycles. The summed E-state index contributed by atoms with van der Waals surface area (Å²) >= 11 is 0. The first kappa shape index (κ1) is 12.9. The van der Waals surface area contributed by atoms with Gasteiger partial charge in [-0.3, -0.25) is 14.7 Å². The van der Waals surface area contributed by atoms with Gasteiger partial charge in [-0.15, -0.1) is 0 Å². The number of furan rings is 1. The quantitative estimate of drug-likeness (QED) is 0.746. The van der Waals surface area contributed by atoms with E-state index in [1.54, 1.807) is 12.1 Å². The van der Waals surface area contributed by atoms with Crippen LogP contribution in [0.4, 0.5) is 5.82 Å². The molecule has 0 atom stereocenters. The Hall–Kier alpha value is -2.57. The number of amides is 2. The molecule has 0 fully saturated rings. The molecule has 2 aromatic heterocycles. The molecular formula is C12H14N4O3. The number of anilines is 1. The van der Waals surface area contributed by atoms with Crippen molar-refractivity contribution in [1.82, 2.24) is 15.5 Å². The number of aromatic nitrogens is 2. The summed E-state index contributed by atoms with van der Waals surface area (Å²) < 4.78 is 4.90. The lowest BCUT2D eigenvalue weighted by atomic mass is 10.3. The number of aromatic amines is 1. The average molecular weight is 262 g/mol. The van der Waals surface area contributed by atoms with E-state index in [0.29, 0.717) is 5.82 Å². The molecule has 0 unspecified atom stereocenters. The Bertz CT molecular complexity index is 559. The van der Waals surface area contributed by atoms with Gasteiger partial charge in [-0.1, -0.05) is 6.92 Å². The standard InChI is InChI=1S/C12H14N4O3/c1-2-8-6-10(16-15-8)14-11(17)7-13-12(18)9-4-3-5-19-9/h3-6H,2,7H2,1H3,(H,13,18)(H2,14,15,16,17). The van der Waals surface area contributed by atoms with Crippen LogP contribution >= 0.6 is 0 Å². The van der Waals surface area contributed by atoms with Gasteiger partial charge in [0.2, 0.25) is 5.91 Å². The van der Waals surface area contributed by atoms with Crippen LogP contribution in [-0.4, -0.2) is 28.6 Å². The van der Waals surface area contributed by atoms with Crippen molar-refractivity contribution in [2.75, 3.05) is 11.9 Å². The third kappa shape index (κ3) is 3.44. The van der Waals surface area contributed by atoms with Gasteiger partial charge >= 0.3 is 0 Å². The van der Waals surface area contributed by atoms with Crippen LogP contribution in [0.15, 0.2) is 28.9 Å². The van der Waals surface area contributed by atoms with E-state index in [9.17, 15) is 9.59 Å². The van der Waals surface area contributed by atoms with Crippen molar-refractivity contribution < 1.29 is 14.0 Å². The van der Waals surface area contributed by atoms with E-state index < -0.39 is 5.91 Å². The van der Waals surface area contributed by atoms with Gasteiger partial charge in [0.15, 0.2) is 11.6 Å². The van der Waals surface area contributed by atoms with Crippen LogP contribution in [0.3, 0.4) is 0 Å². The normalized spacial score (nSPS) is 10.2. The Morgan fingerprint density at radius 2 is 2.32 bits per heavy atom. The zero-order valence-electron chi connectivity index (χ0n) is 10.4. The molecule has 7 heteroatoms. The molecule has 100 valence electrons. The maximum atomic E-state index is 11.6. The Balaban J connectivity index is 1.80. The fraction of sp³-hybridized carbons (Fsp3) is 0.250. The minimum Gasteiger partial charge on any atom is -0.459 e. The van der Waals surface area contributed by atoms with E-state index >= 15 is 0 Å². The van der Waals surface area contributed by atoms with Crippen LogP contribution in [0.2, 0.25) is 0 Å². The third-order valence-corrected chi connectivity index (χ3v) is 2.43. The molecule has 0 bridgehead atoms. The number of nitrogens with one attached hydrogen (secondary N) is 3. The fourth-order valence-corrected chi connectivity index (χ4v) is 1.45. The van der Waals surface area contributed by atoms with Gasteiger partial charge in [-0.25, -0.2) is 0 Å². The van der Waals surface area contributed by atoms with Gasteiger partial charge in [-0.05, 0) is 18.6 Å². The van der Waals surface area contributed by atoms with Crippen molar-refractivity contribution in [2.24, 2.45) is 0 Å². The lowest BCUT2D eigenvalue weighted by Crippen LogP contribution is -2.32. The summed E-state index contributed by atoms with van der Waals surface area (Å²) in [5.74, 6) is -0.180. The van der Waals surface area contributed by atoms with Crippen molar-refractivity contribution in [3.63, 3.8) is 0 Å². The number of carbonyl (C=O) groups excluding carboxylic acids is 2. The smallest absolute Gasteiger partial charge is 0.287 e. The molecule has 0 aliphatic carbocycles. The number of carbonyl (C=O) groups is 2. The molecule has 0 aliphatic rings. The third-order valence-electron chi connectivity index (χ3n) is 2.43. The van der Waals surface area contributed by atoms with Crippen LogP contribution in [0.5, 0.6) is 0 Å². The second-order valence-electron chi connectivity index (χ2n) is 3.84. The van der Waals surface area contributed by atoms with Crippen LogP contribution < -0.4 is 10.6 Å². The van der Waals surface area contributed by atoms with E-state index in [1.165, 1.54) is 12.3 Å². The molecule has 2 aromatic rings. The topological polar surface area (TPSA) is 100 Å². The zero-order chi connectivity index (χ0) is 13.7. The Morgan fingerprint density at radius 3 is 2.95 bits per heavy atom. The lowest BCUT2D eigenvalue weighted by molar-refractivity contribution is -0.115. The highest BCUT2D eigenvalue weighted by atomic mass is 16.3. The summed E-state index contributed by atoms with van der Waals surface area (Å²) in [5, 5.41) is 11.7. The number of rotatable bonds is 5. The molecule has 0 aromatic carbocycles. The first-order chi connectivity index (χ1) is 9.19. The number of H-pyrrole nitrogens is 1. The molecule has 19 heavy (non-hydrogen) atoms. The number of aryl methyl sites for hydroxylation is 1.